The Bertz CT molecular complexity index is 404. The van der Waals surface area contributed by atoms with Gasteiger partial charge in [-0.25, -0.2) is 0 Å². The van der Waals surface area contributed by atoms with Gasteiger partial charge in [0.15, 0.2) is 0 Å². The van der Waals surface area contributed by atoms with E-state index < -0.39 is 0 Å². The van der Waals surface area contributed by atoms with Crippen LogP contribution in [0.25, 0.3) is 0 Å². The van der Waals surface area contributed by atoms with Crippen LogP contribution in [0.5, 0.6) is 0 Å². The molecule has 0 spiro atoms. The summed E-state index contributed by atoms with van der Waals surface area (Å²) in [5.74, 6) is 1.65. The smallest absolute Gasteiger partial charge is 0.0543 e. The summed E-state index contributed by atoms with van der Waals surface area (Å²) in [6.07, 6.45) is 5.86. The van der Waals surface area contributed by atoms with Gasteiger partial charge >= 0.3 is 0 Å². The zero-order valence-electron chi connectivity index (χ0n) is 14.0. The fourth-order valence-electron chi connectivity index (χ4n) is 3.64. The summed E-state index contributed by atoms with van der Waals surface area (Å²) >= 11 is 0. The second-order valence-corrected chi connectivity index (χ2v) is 6.78. The summed E-state index contributed by atoms with van der Waals surface area (Å²) in [5.41, 5.74) is 1.17. The zero-order chi connectivity index (χ0) is 15.2. The maximum Gasteiger partial charge on any atom is 0.0543 e. The maximum absolute atomic E-state index is 4.48. The molecule has 1 aromatic rings. The molecule has 2 rings (SSSR count). The number of nitrogens with zero attached hydrogens (tertiary/aromatic N) is 2. The summed E-state index contributed by atoms with van der Waals surface area (Å²) in [4.78, 5) is 6.98. The molecule has 0 aromatic carbocycles. The first-order chi connectivity index (χ1) is 10.1. The Balaban J connectivity index is 2.03. The van der Waals surface area contributed by atoms with Crippen LogP contribution in [0.15, 0.2) is 24.4 Å². The number of hydrogen-bond donors (Lipinski definition) is 1. The van der Waals surface area contributed by atoms with E-state index in [1.165, 1.54) is 25.0 Å². The fourth-order valence-corrected chi connectivity index (χ4v) is 3.64. The lowest BCUT2D eigenvalue weighted by molar-refractivity contribution is 0.0973. The van der Waals surface area contributed by atoms with Crippen LogP contribution in [-0.4, -0.2) is 35.6 Å². The summed E-state index contributed by atoms with van der Waals surface area (Å²) < 4.78 is 0. The van der Waals surface area contributed by atoms with Gasteiger partial charge in [0.25, 0.3) is 0 Å². The quantitative estimate of drug-likeness (QED) is 0.871. The van der Waals surface area contributed by atoms with Gasteiger partial charge in [-0.1, -0.05) is 26.8 Å². The highest BCUT2D eigenvalue weighted by Crippen LogP contribution is 2.32. The molecule has 0 bridgehead atoms. The van der Waals surface area contributed by atoms with E-state index in [9.17, 15) is 0 Å². The van der Waals surface area contributed by atoms with Gasteiger partial charge in [0, 0.05) is 24.8 Å². The van der Waals surface area contributed by atoms with Gasteiger partial charge in [-0.15, -0.1) is 0 Å². The van der Waals surface area contributed by atoms with Crippen molar-refractivity contribution in [1.29, 1.82) is 0 Å². The molecule has 0 radical (unpaired) electrons. The molecule has 1 aliphatic carbocycles. The van der Waals surface area contributed by atoms with Gasteiger partial charge in [-0.05, 0) is 56.8 Å². The maximum atomic E-state index is 4.48. The number of hydrogen-bond acceptors (Lipinski definition) is 3. The van der Waals surface area contributed by atoms with Crippen molar-refractivity contribution in [2.24, 2.45) is 11.8 Å². The van der Waals surface area contributed by atoms with Crippen molar-refractivity contribution in [3.05, 3.63) is 30.1 Å². The number of pyridine rings is 1. The van der Waals surface area contributed by atoms with Gasteiger partial charge in [0.1, 0.15) is 0 Å². The van der Waals surface area contributed by atoms with Crippen molar-refractivity contribution in [3.8, 4) is 0 Å². The third-order valence-corrected chi connectivity index (χ3v) is 4.97. The molecule has 1 saturated carbocycles. The molecule has 118 valence electrons. The first kappa shape index (κ1) is 16.4. The Morgan fingerprint density at radius 2 is 2.14 bits per heavy atom. The normalized spacial score (nSPS) is 26.5. The van der Waals surface area contributed by atoms with E-state index in [0.717, 1.165) is 24.9 Å². The van der Waals surface area contributed by atoms with E-state index in [1.807, 2.05) is 12.3 Å². The van der Waals surface area contributed by atoms with Crippen molar-refractivity contribution >= 4 is 0 Å². The molecular weight excluding hydrogens is 258 g/mol. The summed E-state index contributed by atoms with van der Waals surface area (Å²) in [6, 6.07) is 7.43. The van der Waals surface area contributed by atoms with E-state index in [1.54, 1.807) is 0 Å². The molecule has 1 aromatic heterocycles. The van der Waals surface area contributed by atoms with E-state index >= 15 is 0 Å². The molecule has 3 unspecified atom stereocenters. The highest BCUT2D eigenvalue weighted by Gasteiger charge is 2.33. The van der Waals surface area contributed by atoms with E-state index in [2.05, 4.69) is 55.2 Å². The van der Waals surface area contributed by atoms with Crippen molar-refractivity contribution < 1.29 is 0 Å². The van der Waals surface area contributed by atoms with E-state index in [0.29, 0.717) is 12.1 Å². The second-order valence-electron chi connectivity index (χ2n) is 6.78. The molecule has 0 amide bonds. The molecular formula is C18H31N3. The minimum atomic E-state index is 0.619. The Morgan fingerprint density at radius 1 is 1.33 bits per heavy atom. The predicted octanol–water partition coefficient (Wildman–Crippen LogP) is 3.32. The number of likely N-dealkylation sites (N-methyl/N-ethyl adjacent to an activating group) is 2. The van der Waals surface area contributed by atoms with Gasteiger partial charge < -0.3 is 5.32 Å². The lowest BCUT2D eigenvalue weighted by Gasteiger charge is -2.42. The average molecular weight is 289 g/mol. The van der Waals surface area contributed by atoms with Crippen LogP contribution in [0.4, 0.5) is 0 Å². The third kappa shape index (κ3) is 4.52. The molecule has 3 heteroatoms. The Hall–Kier alpha value is -0.930. The van der Waals surface area contributed by atoms with Crippen LogP contribution >= 0.6 is 0 Å². The lowest BCUT2D eigenvalue weighted by Crippen LogP contribution is -2.52. The third-order valence-electron chi connectivity index (χ3n) is 4.97. The minimum absolute atomic E-state index is 0.619. The molecule has 1 heterocycles. The van der Waals surface area contributed by atoms with Crippen LogP contribution in [0, 0.1) is 11.8 Å². The first-order valence-corrected chi connectivity index (χ1v) is 8.45. The number of aromatic nitrogens is 1. The predicted molar refractivity (Wildman–Crippen MR) is 89.1 cm³/mol. The van der Waals surface area contributed by atoms with Crippen molar-refractivity contribution in [1.82, 2.24) is 15.2 Å². The SMILES string of the molecule is CCNC1CCC(C(C)C)CC1N(C)Cc1ccccn1. The molecule has 0 aliphatic heterocycles. The zero-order valence-corrected chi connectivity index (χ0v) is 14.0. The molecule has 1 aliphatic rings. The van der Waals surface area contributed by atoms with Crippen LogP contribution in [-0.2, 0) is 6.54 Å². The molecule has 1 N–H and O–H groups in total. The topological polar surface area (TPSA) is 28.2 Å². The summed E-state index contributed by atoms with van der Waals surface area (Å²) in [5, 5.41) is 3.70. The van der Waals surface area contributed by atoms with Crippen LogP contribution < -0.4 is 5.32 Å². The average Bonchev–Trinajstić information content (AvgIpc) is 2.48. The largest absolute Gasteiger partial charge is 0.313 e. The second kappa shape index (κ2) is 7.90. The standard InChI is InChI=1S/C18H31N3/c1-5-19-17-10-9-15(14(2)3)12-18(17)21(4)13-16-8-6-7-11-20-16/h6-8,11,14-15,17-19H,5,9-10,12-13H2,1-4H3. The summed E-state index contributed by atoms with van der Waals surface area (Å²) in [6.45, 7) is 8.95. The molecule has 3 atom stereocenters. The van der Waals surface area contributed by atoms with Gasteiger partial charge in [-0.3, -0.25) is 9.88 Å². The monoisotopic (exact) mass is 289 g/mol. The van der Waals surface area contributed by atoms with Crippen molar-refractivity contribution in [3.63, 3.8) is 0 Å². The van der Waals surface area contributed by atoms with E-state index in [-0.39, 0.29) is 0 Å². The number of nitrogens with one attached hydrogen (secondary N) is 1. The molecule has 0 saturated heterocycles. The van der Waals surface area contributed by atoms with E-state index in [4.69, 9.17) is 0 Å². The van der Waals surface area contributed by atoms with Crippen LogP contribution in [0.3, 0.4) is 0 Å². The highest BCUT2D eigenvalue weighted by molar-refractivity contribution is 5.04. The molecule has 21 heavy (non-hydrogen) atoms. The molecule has 1 fully saturated rings. The molecule has 3 nitrogen and oxygen atoms in total. The highest BCUT2D eigenvalue weighted by atomic mass is 15.2. The lowest BCUT2D eigenvalue weighted by atomic mass is 9.76. The Morgan fingerprint density at radius 3 is 2.76 bits per heavy atom. The first-order valence-electron chi connectivity index (χ1n) is 8.45. The number of rotatable bonds is 6. The minimum Gasteiger partial charge on any atom is -0.313 e. The van der Waals surface area contributed by atoms with Crippen molar-refractivity contribution in [2.45, 2.75) is 58.7 Å². The van der Waals surface area contributed by atoms with Crippen LogP contribution in [0.2, 0.25) is 0 Å². The van der Waals surface area contributed by atoms with Gasteiger partial charge in [0.2, 0.25) is 0 Å². The van der Waals surface area contributed by atoms with Crippen molar-refractivity contribution in [2.75, 3.05) is 13.6 Å². The Kier molecular flexibility index (Phi) is 6.19. The Labute approximate surface area is 130 Å². The van der Waals surface area contributed by atoms with Crippen LogP contribution in [0.1, 0.15) is 45.7 Å². The van der Waals surface area contributed by atoms with Gasteiger partial charge in [0.05, 0.1) is 5.69 Å². The summed E-state index contributed by atoms with van der Waals surface area (Å²) in [7, 11) is 2.26. The fraction of sp³-hybridized carbons (Fsp3) is 0.722. The van der Waals surface area contributed by atoms with Gasteiger partial charge in [-0.2, -0.15) is 0 Å².